The van der Waals surface area contributed by atoms with Crippen LogP contribution >= 0.6 is 11.6 Å². The minimum absolute atomic E-state index is 0.0443. The van der Waals surface area contributed by atoms with Gasteiger partial charge in [-0.25, -0.2) is 13.4 Å². The zero-order valence-corrected chi connectivity index (χ0v) is 15.9. The Hall–Kier alpha value is -2.38. The van der Waals surface area contributed by atoms with Gasteiger partial charge in [0.2, 0.25) is 5.91 Å². The number of benzene rings is 2. The Balaban J connectivity index is 1.93. The van der Waals surface area contributed by atoms with Crippen molar-refractivity contribution in [3.8, 4) is 0 Å². The molecule has 6 nitrogen and oxygen atoms in total. The number of halogens is 1. The average Bonchev–Trinajstić information content (AvgIpc) is 2.87. The molecular formula is C18H18ClN3O3S. The van der Waals surface area contributed by atoms with Gasteiger partial charge in [-0.3, -0.25) is 4.79 Å². The van der Waals surface area contributed by atoms with Crippen molar-refractivity contribution < 1.29 is 13.2 Å². The van der Waals surface area contributed by atoms with Crippen LogP contribution in [0.4, 0.5) is 5.69 Å². The SMILES string of the molecule is Cc1c(Cl)cccc1NC(=O)Cn1c(CS(C)(=O)=O)nc2ccccc21. The number of nitrogens with one attached hydrogen (secondary N) is 1. The van der Waals surface area contributed by atoms with Crippen molar-refractivity contribution in [1.29, 1.82) is 0 Å². The topological polar surface area (TPSA) is 81.1 Å². The van der Waals surface area contributed by atoms with E-state index in [4.69, 9.17) is 11.6 Å². The lowest BCUT2D eigenvalue weighted by molar-refractivity contribution is -0.116. The lowest BCUT2D eigenvalue weighted by Crippen LogP contribution is -2.21. The van der Waals surface area contributed by atoms with Crippen LogP contribution in [0.1, 0.15) is 11.4 Å². The molecule has 0 unspecified atom stereocenters. The number of hydrogen-bond acceptors (Lipinski definition) is 4. The Kier molecular flexibility index (Phi) is 5.02. The number of sulfone groups is 1. The van der Waals surface area contributed by atoms with Crippen molar-refractivity contribution in [2.24, 2.45) is 0 Å². The first-order valence-electron chi connectivity index (χ1n) is 7.91. The minimum atomic E-state index is -3.29. The molecule has 0 aliphatic carbocycles. The van der Waals surface area contributed by atoms with E-state index in [1.54, 1.807) is 28.8 Å². The van der Waals surface area contributed by atoms with Crippen LogP contribution in [0, 0.1) is 6.92 Å². The highest BCUT2D eigenvalue weighted by Crippen LogP contribution is 2.23. The molecule has 1 aromatic heterocycles. The second-order valence-corrected chi connectivity index (χ2v) is 8.68. The number of amides is 1. The van der Waals surface area contributed by atoms with E-state index in [1.165, 1.54) is 0 Å². The molecule has 1 amide bonds. The molecule has 0 saturated heterocycles. The largest absolute Gasteiger partial charge is 0.324 e. The molecule has 0 bridgehead atoms. The number of para-hydroxylation sites is 2. The number of aromatic nitrogens is 2. The highest BCUT2D eigenvalue weighted by molar-refractivity contribution is 7.89. The van der Waals surface area contributed by atoms with Gasteiger partial charge in [0, 0.05) is 17.0 Å². The Labute approximate surface area is 156 Å². The van der Waals surface area contributed by atoms with E-state index in [0.717, 1.165) is 11.8 Å². The maximum absolute atomic E-state index is 12.6. The summed E-state index contributed by atoms with van der Waals surface area (Å²) in [6.07, 6.45) is 1.14. The maximum Gasteiger partial charge on any atom is 0.244 e. The molecule has 1 N–H and O–H groups in total. The van der Waals surface area contributed by atoms with E-state index in [2.05, 4.69) is 10.3 Å². The van der Waals surface area contributed by atoms with Gasteiger partial charge in [0.15, 0.2) is 9.84 Å². The lowest BCUT2D eigenvalue weighted by atomic mass is 10.2. The Morgan fingerprint density at radius 2 is 1.92 bits per heavy atom. The third-order valence-corrected chi connectivity index (χ3v) is 5.16. The second-order valence-electron chi connectivity index (χ2n) is 6.13. The zero-order chi connectivity index (χ0) is 18.9. The minimum Gasteiger partial charge on any atom is -0.324 e. The number of fused-ring (bicyclic) bond motifs is 1. The Morgan fingerprint density at radius 1 is 1.19 bits per heavy atom. The second kappa shape index (κ2) is 7.09. The van der Waals surface area contributed by atoms with Crippen molar-refractivity contribution in [3.05, 3.63) is 58.9 Å². The predicted molar refractivity (Wildman–Crippen MR) is 103 cm³/mol. The molecule has 26 heavy (non-hydrogen) atoms. The van der Waals surface area contributed by atoms with E-state index in [1.807, 2.05) is 25.1 Å². The number of carbonyl (C=O) groups excluding carboxylic acids is 1. The molecule has 0 radical (unpaired) electrons. The van der Waals surface area contributed by atoms with Crippen molar-refractivity contribution in [2.75, 3.05) is 11.6 Å². The summed E-state index contributed by atoms with van der Waals surface area (Å²) in [5.41, 5.74) is 2.76. The van der Waals surface area contributed by atoms with Gasteiger partial charge in [-0.1, -0.05) is 29.8 Å². The van der Waals surface area contributed by atoms with Gasteiger partial charge < -0.3 is 9.88 Å². The lowest BCUT2D eigenvalue weighted by Gasteiger charge is -2.12. The molecule has 0 saturated carbocycles. The van der Waals surface area contributed by atoms with E-state index in [9.17, 15) is 13.2 Å². The third-order valence-electron chi connectivity index (χ3n) is 3.97. The van der Waals surface area contributed by atoms with Gasteiger partial charge in [0.1, 0.15) is 18.1 Å². The van der Waals surface area contributed by atoms with E-state index >= 15 is 0 Å². The van der Waals surface area contributed by atoms with Crippen LogP contribution in [0.25, 0.3) is 11.0 Å². The number of carbonyl (C=O) groups is 1. The Morgan fingerprint density at radius 3 is 2.65 bits per heavy atom. The normalized spacial score (nSPS) is 11.7. The summed E-state index contributed by atoms with van der Waals surface area (Å²) in [6.45, 7) is 1.77. The van der Waals surface area contributed by atoms with Crippen LogP contribution in [0.15, 0.2) is 42.5 Å². The molecule has 2 aromatic carbocycles. The van der Waals surface area contributed by atoms with E-state index in [-0.39, 0.29) is 18.2 Å². The average molecular weight is 392 g/mol. The summed E-state index contributed by atoms with van der Waals surface area (Å²) in [6, 6.07) is 12.5. The van der Waals surface area contributed by atoms with Crippen LogP contribution in [0.3, 0.4) is 0 Å². The van der Waals surface area contributed by atoms with Gasteiger partial charge >= 0.3 is 0 Å². The zero-order valence-electron chi connectivity index (χ0n) is 14.4. The quantitative estimate of drug-likeness (QED) is 0.724. The van der Waals surface area contributed by atoms with Crippen molar-refractivity contribution in [1.82, 2.24) is 9.55 Å². The van der Waals surface area contributed by atoms with Gasteiger partial charge in [-0.15, -0.1) is 0 Å². The first-order chi connectivity index (χ1) is 12.2. The molecular weight excluding hydrogens is 374 g/mol. The number of hydrogen-bond donors (Lipinski definition) is 1. The van der Waals surface area contributed by atoms with Crippen molar-refractivity contribution >= 4 is 44.1 Å². The number of rotatable bonds is 5. The predicted octanol–water partition coefficient (Wildman–Crippen LogP) is 3.18. The van der Waals surface area contributed by atoms with Crippen LogP contribution < -0.4 is 5.32 Å². The summed E-state index contributed by atoms with van der Waals surface area (Å²) >= 11 is 6.08. The van der Waals surface area contributed by atoms with Gasteiger partial charge in [0.05, 0.1) is 11.0 Å². The summed E-state index contributed by atoms with van der Waals surface area (Å²) in [7, 11) is -3.29. The molecule has 8 heteroatoms. The number of anilines is 1. The highest BCUT2D eigenvalue weighted by Gasteiger charge is 2.17. The summed E-state index contributed by atoms with van der Waals surface area (Å²) < 4.78 is 25.1. The Bertz CT molecular complexity index is 1090. The highest BCUT2D eigenvalue weighted by atomic mass is 35.5. The molecule has 0 atom stereocenters. The third kappa shape index (κ3) is 4.05. The van der Waals surface area contributed by atoms with E-state index in [0.29, 0.717) is 27.6 Å². The maximum atomic E-state index is 12.6. The van der Waals surface area contributed by atoms with Crippen molar-refractivity contribution in [3.63, 3.8) is 0 Å². The fraction of sp³-hybridized carbons (Fsp3) is 0.222. The molecule has 0 spiro atoms. The van der Waals surface area contributed by atoms with E-state index < -0.39 is 9.84 Å². The van der Waals surface area contributed by atoms with Gasteiger partial charge in [0.25, 0.3) is 0 Å². The number of imidazole rings is 1. The molecule has 1 heterocycles. The van der Waals surface area contributed by atoms with Crippen LogP contribution in [-0.2, 0) is 26.9 Å². The number of nitrogens with zero attached hydrogens (tertiary/aromatic N) is 2. The summed E-state index contributed by atoms with van der Waals surface area (Å²) in [4.78, 5) is 16.9. The molecule has 3 rings (SSSR count). The van der Waals surface area contributed by atoms with Crippen LogP contribution in [-0.4, -0.2) is 30.1 Å². The smallest absolute Gasteiger partial charge is 0.244 e. The van der Waals surface area contributed by atoms with Gasteiger partial charge in [-0.05, 0) is 36.8 Å². The van der Waals surface area contributed by atoms with Gasteiger partial charge in [-0.2, -0.15) is 0 Å². The molecule has 0 fully saturated rings. The standard InChI is InChI=1S/C18H18ClN3O3S/c1-12-13(19)6-5-8-14(12)21-18(23)10-22-16-9-4-3-7-15(16)20-17(22)11-26(2,24)25/h3-9H,10-11H2,1-2H3,(H,21,23). The molecule has 136 valence electrons. The first kappa shape index (κ1) is 18.4. The molecule has 0 aliphatic heterocycles. The summed E-state index contributed by atoms with van der Waals surface area (Å²) in [5, 5.41) is 3.39. The van der Waals surface area contributed by atoms with Crippen LogP contribution in [0.5, 0.6) is 0 Å². The first-order valence-corrected chi connectivity index (χ1v) is 10.4. The van der Waals surface area contributed by atoms with Crippen molar-refractivity contribution in [2.45, 2.75) is 19.2 Å². The monoisotopic (exact) mass is 391 g/mol. The fourth-order valence-electron chi connectivity index (χ4n) is 2.72. The molecule has 0 aliphatic rings. The molecule has 3 aromatic rings. The fourth-order valence-corrected chi connectivity index (χ4v) is 3.59. The van der Waals surface area contributed by atoms with Crippen LogP contribution in [0.2, 0.25) is 5.02 Å². The summed E-state index contributed by atoms with van der Waals surface area (Å²) in [5.74, 6) is -0.176.